The molecule has 0 amide bonds. The van der Waals surface area contributed by atoms with Crippen LogP contribution < -0.4 is 4.57 Å². The number of rotatable bonds is 10. The first-order valence-electron chi connectivity index (χ1n) is 7.90. The zero-order valence-electron chi connectivity index (χ0n) is 12.6. The SMILES string of the molecule is CCCCCCCCCc1n(CC)cc[n+]1CC. The van der Waals surface area contributed by atoms with Gasteiger partial charge in [-0.1, -0.05) is 45.4 Å². The summed E-state index contributed by atoms with van der Waals surface area (Å²) in [4.78, 5) is 0. The molecule has 0 aromatic carbocycles. The van der Waals surface area contributed by atoms with Crippen LogP contribution in [0.15, 0.2) is 12.4 Å². The Morgan fingerprint density at radius 1 is 0.944 bits per heavy atom. The molecule has 0 saturated heterocycles. The van der Waals surface area contributed by atoms with E-state index in [1.165, 1.54) is 57.2 Å². The van der Waals surface area contributed by atoms with Crippen molar-refractivity contribution in [2.75, 3.05) is 0 Å². The third-order valence-corrected chi connectivity index (χ3v) is 3.77. The molecule has 0 spiro atoms. The highest BCUT2D eigenvalue weighted by Gasteiger charge is 2.13. The molecular weight excluding hydrogens is 220 g/mol. The summed E-state index contributed by atoms with van der Waals surface area (Å²) < 4.78 is 4.78. The summed E-state index contributed by atoms with van der Waals surface area (Å²) in [7, 11) is 0. The third-order valence-electron chi connectivity index (χ3n) is 3.77. The fourth-order valence-corrected chi connectivity index (χ4v) is 2.60. The number of hydrogen-bond donors (Lipinski definition) is 0. The van der Waals surface area contributed by atoms with Gasteiger partial charge in [-0.25, -0.2) is 9.13 Å². The number of unbranched alkanes of at least 4 members (excludes halogenated alkanes) is 6. The Kier molecular flexibility index (Phi) is 7.79. The third kappa shape index (κ3) is 4.83. The Labute approximate surface area is 113 Å². The average molecular weight is 251 g/mol. The smallest absolute Gasteiger partial charge is 0.235 e. The van der Waals surface area contributed by atoms with Crippen LogP contribution in [0.25, 0.3) is 0 Å². The monoisotopic (exact) mass is 251 g/mol. The van der Waals surface area contributed by atoms with E-state index in [1.54, 1.807) is 0 Å². The molecule has 0 fully saturated rings. The van der Waals surface area contributed by atoms with E-state index in [4.69, 9.17) is 0 Å². The Morgan fingerprint density at radius 2 is 1.61 bits per heavy atom. The second-order valence-electron chi connectivity index (χ2n) is 5.16. The van der Waals surface area contributed by atoms with Crippen LogP contribution in [0.4, 0.5) is 0 Å². The van der Waals surface area contributed by atoms with Crippen molar-refractivity contribution in [3.05, 3.63) is 18.2 Å². The molecule has 0 aliphatic carbocycles. The zero-order chi connectivity index (χ0) is 13.2. The van der Waals surface area contributed by atoms with Gasteiger partial charge in [0.15, 0.2) is 0 Å². The topological polar surface area (TPSA) is 8.81 Å². The highest BCUT2D eigenvalue weighted by Crippen LogP contribution is 2.09. The van der Waals surface area contributed by atoms with E-state index in [1.807, 2.05) is 0 Å². The second-order valence-corrected chi connectivity index (χ2v) is 5.16. The molecule has 104 valence electrons. The summed E-state index contributed by atoms with van der Waals surface area (Å²) in [6, 6.07) is 0. The van der Waals surface area contributed by atoms with Crippen molar-refractivity contribution in [2.45, 2.75) is 85.2 Å². The predicted octanol–water partition coefficient (Wildman–Crippen LogP) is 4.11. The molecule has 0 radical (unpaired) electrons. The number of hydrogen-bond acceptors (Lipinski definition) is 0. The largest absolute Gasteiger partial charge is 0.256 e. The first kappa shape index (κ1) is 15.3. The van der Waals surface area contributed by atoms with E-state index in [0.717, 1.165) is 13.1 Å². The van der Waals surface area contributed by atoms with E-state index in [2.05, 4.69) is 42.3 Å². The molecule has 18 heavy (non-hydrogen) atoms. The van der Waals surface area contributed by atoms with Gasteiger partial charge in [-0.3, -0.25) is 0 Å². The van der Waals surface area contributed by atoms with Gasteiger partial charge in [0.25, 0.3) is 5.82 Å². The van der Waals surface area contributed by atoms with Crippen molar-refractivity contribution >= 4 is 0 Å². The molecule has 0 atom stereocenters. The van der Waals surface area contributed by atoms with E-state index in [0.29, 0.717) is 0 Å². The van der Waals surface area contributed by atoms with Crippen LogP contribution >= 0.6 is 0 Å². The fourth-order valence-electron chi connectivity index (χ4n) is 2.60. The lowest BCUT2D eigenvalue weighted by Gasteiger charge is -2.03. The predicted molar refractivity (Wildman–Crippen MR) is 77.7 cm³/mol. The van der Waals surface area contributed by atoms with Gasteiger partial charge in [-0.2, -0.15) is 0 Å². The Bertz CT molecular complexity index is 293. The van der Waals surface area contributed by atoms with Crippen molar-refractivity contribution in [2.24, 2.45) is 0 Å². The van der Waals surface area contributed by atoms with Gasteiger partial charge in [0.1, 0.15) is 12.4 Å². The van der Waals surface area contributed by atoms with Crippen LogP contribution in [0.1, 0.15) is 71.5 Å². The minimum absolute atomic E-state index is 1.10. The minimum atomic E-state index is 1.10. The Morgan fingerprint density at radius 3 is 2.22 bits per heavy atom. The molecule has 0 saturated carbocycles. The summed E-state index contributed by atoms with van der Waals surface area (Å²) in [6.45, 7) is 8.93. The van der Waals surface area contributed by atoms with Crippen molar-refractivity contribution in [3.63, 3.8) is 0 Å². The fraction of sp³-hybridized carbons (Fsp3) is 0.812. The summed E-state index contributed by atoms with van der Waals surface area (Å²) in [5.41, 5.74) is 0. The van der Waals surface area contributed by atoms with Crippen LogP contribution in [-0.2, 0) is 19.5 Å². The number of imidazole rings is 1. The maximum absolute atomic E-state index is 2.39. The molecular formula is C16H31N2+. The molecule has 0 aliphatic rings. The van der Waals surface area contributed by atoms with E-state index < -0.39 is 0 Å². The van der Waals surface area contributed by atoms with E-state index in [-0.39, 0.29) is 0 Å². The standard InChI is InChI=1S/C16H31N2/c1-4-7-8-9-10-11-12-13-16-17(5-2)14-15-18(16)6-3/h14-15H,4-13H2,1-3H3/q+1. The average Bonchev–Trinajstić information content (AvgIpc) is 2.79. The molecule has 2 heteroatoms. The molecule has 1 aromatic heterocycles. The van der Waals surface area contributed by atoms with Gasteiger partial charge in [-0.15, -0.1) is 0 Å². The summed E-state index contributed by atoms with van der Waals surface area (Å²) >= 11 is 0. The molecule has 1 heterocycles. The van der Waals surface area contributed by atoms with E-state index in [9.17, 15) is 0 Å². The van der Waals surface area contributed by atoms with Gasteiger partial charge >= 0.3 is 0 Å². The molecule has 0 aliphatic heterocycles. The molecule has 0 N–H and O–H groups in total. The quantitative estimate of drug-likeness (QED) is 0.437. The Hall–Kier alpha value is -0.790. The molecule has 2 nitrogen and oxygen atoms in total. The Balaban J connectivity index is 2.24. The molecule has 1 aromatic rings. The maximum atomic E-state index is 2.39. The summed E-state index contributed by atoms with van der Waals surface area (Å²) in [5, 5.41) is 0. The van der Waals surface area contributed by atoms with Gasteiger partial charge in [0.05, 0.1) is 13.1 Å². The van der Waals surface area contributed by atoms with Crippen LogP contribution in [0, 0.1) is 0 Å². The number of nitrogens with zero attached hydrogens (tertiary/aromatic N) is 2. The molecule has 1 rings (SSSR count). The highest BCUT2D eigenvalue weighted by molar-refractivity contribution is 4.83. The normalized spacial score (nSPS) is 11.1. The van der Waals surface area contributed by atoms with Crippen LogP contribution in [0.2, 0.25) is 0 Å². The first-order valence-corrected chi connectivity index (χ1v) is 7.90. The van der Waals surface area contributed by atoms with Gasteiger partial charge in [0, 0.05) is 6.42 Å². The van der Waals surface area contributed by atoms with Crippen molar-refractivity contribution < 1.29 is 4.57 Å². The summed E-state index contributed by atoms with van der Waals surface area (Å²) in [5.74, 6) is 1.51. The lowest BCUT2D eigenvalue weighted by atomic mass is 10.1. The highest BCUT2D eigenvalue weighted by atomic mass is 15.1. The molecule has 0 bridgehead atoms. The van der Waals surface area contributed by atoms with Crippen LogP contribution in [-0.4, -0.2) is 4.57 Å². The lowest BCUT2D eigenvalue weighted by Crippen LogP contribution is -2.35. The minimum Gasteiger partial charge on any atom is -0.235 e. The van der Waals surface area contributed by atoms with Crippen molar-refractivity contribution in [1.29, 1.82) is 0 Å². The molecule has 0 unspecified atom stereocenters. The van der Waals surface area contributed by atoms with E-state index >= 15 is 0 Å². The van der Waals surface area contributed by atoms with Crippen molar-refractivity contribution in [1.82, 2.24) is 4.57 Å². The van der Waals surface area contributed by atoms with Crippen molar-refractivity contribution in [3.8, 4) is 0 Å². The summed E-state index contributed by atoms with van der Waals surface area (Å²) in [6.07, 6.45) is 15.4. The lowest BCUT2D eigenvalue weighted by molar-refractivity contribution is -0.700. The van der Waals surface area contributed by atoms with Crippen LogP contribution in [0.5, 0.6) is 0 Å². The zero-order valence-corrected chi connectivity index (χ0v) is 12.6. The number of aromatic nitrogens is 2. The van der Waals surface area contributed by atoms with Crippen LogP contribution in [0.3, 0.4) is 0 Å². The van der Waals surface area contributed by atoms with Gasteiger partial charge in [-0.05, 0) is 20.3 Å². The maximum Gasteiger partial charge on any atom is 0.256 e. The number of aryl methyl sites for hydroxylation is 2. The van der Waals surface area contributed by atoms with Gasteiger partial charge in [0.2, 0.25) is 0 Å². The second kappa shape index (κ2) is 9.18. The van der Waals surface area contributed by atoms with Gasteiger partial charge < -0.3 is 0 Å². The first-order chi connectivity index (χ1) is 8.83.